The lowest BCUT2D eigenvalue weighted by molar-refractivity contribution is -0.146. The van der Waals surface area contributed by atoms with Crippen molar-refractivity contribution in [1.29, 1.82) is 0 Å². The third-order valence-electron chi connectivity index (χ3n) is 1.44. The molecule has 1 heterocycles. The van der Waals surface area contributed by atoms with Gasteiger partial charge in [0.05, 0.1) is 0 Å². The van der Waals surface area contributed by atoms with Crippen LogP contribution in [-0.4, -0.2) is 40.3 Å². The Bertz CT molecular complexity index is 226. The average Bonchev–Trinajstić information content (AvgIpc) is 2.31. The van der Waals surface area contributed by atoms with Gasteiger partial charge in [-0.1, -0.05) is 0 Å². The molecule has 12 heavy (non-hydrogen) atoms. The SMILES string of the molecule is O=C1NC(C(=O)O)C(C(=O)O)N1. The Balaban J connectivity index is 2.79. The number of rotatable bonds is 2. The zero-order valence-corrected chi connectivity index (χ0v) is 5.77. The summed E-state index contributed by atoms with van der Waals surface area (Å²) in [6.07, 6.45) is 0. The second kappa shape index (κ2) is 2.68. The highest BCUT2D eigenvalue weighted by molar-refractivity contribution is 5.95. The van der Waals surface area contributed by atoms with Gasteiger partial charge in [-0.05, 0) is 0 Å². The number of amides is 2. The van der Waals surface area contributed by atoms with Gasteiger partial charge in [-0.3, -0.25) is 0 Å². The molecule has 0 spiro atoms. The number of nitrogens with one attached hydrogen (secondary N) is 2. The van der Waals surface area contributed by atoms with E-state index >= 15 is 0 Å². The van der Waals surface area contributed by atoms with Gasteiger partial charge in [-0.15, -0.1) is 0 Å². The molecule has 0 aromatic heterocycles. The van der Waals surface area contributed by atoms with Crippen molar-refractivity contribution in [2.45, 2.75) is 12.1 Å². The fourth-order valence-corrected chi connectivity index (χ4v) is 0.899. The number of aliphatic carboxylic acids is 2. The van der Waals surface area contributed by atoms with E-state index in [1.54, 1.807) is 0 Å². The molecule has 1 rings (SSSR count). The number of carboxylic acid groups (broad SMARTS) is 2. The maximum absolute atomic E-state index is 10.5. The molecule has 4 N–H and O–H groups in total. The summed E-state index contributed by atoms with van der Waals surface area (Å²) in [6, 6.07) is -3.57. The molecular formula is C5H6N2O5. The maximum atomic E-state index is 10.5. The summed E-state index contributed by atoms with van der Waals surface area (Å²) < 4.78 is 0. The quantitative estimate of drug-likeness (QED) is 0.394. The largest absolute Gasteiger partial charge is 0.480 e. The van der Waals surface area contributed by atoms with Crippen LogP contribution in [0.15, 0.2) is 0 Å². The second-order valence-electron chi connectivity index (χ2n) is 2.25. The fraction of sp³-hybridized carbons (Fsp3) is 0.400. The zero-order chi connectivity index (χ0) is 9.30. The van der Waals surface area contributed by atoms with Gasteiger partial charge in [0.1, 0.15) is 0 Å². The molecular weight excluding hydrogens is 168 g/mol. The summed E-state index contributed by atoms with van der Waals surface area (Å²) in [5.74, 6) is -2.75. The molecule has 2 amide bonds. The van der Waals surface area contributed by atoms with E-state index in [9.17, 15) is 14.4 Å². The number of hydrogen-bond donors (Lipinski definition) is 4. The molecule has 1 saturated heterocycles. The predicted molar refractivity (Wildman–Crippen MR) is 34.5 cm³/mol. The lowest BCUT2D eigenvalue weighted by Gasteiger charge is -2.07. The highest BCUT2D eigenvalue weighted by atomic mass is 16.4. The second-order valence-corrected chi connectivity index (χ2v) is 2.25. The van der Waals surface area contributed by atoms with Crippen LogP contribution in [0.4, 0.5) is 4.79 Å². The summed E-state index contributed by atoms with van der Waals surface area (Å²) in [6.45, 7) is 0. The van der Waals surface area contributed by atoms with Crippen molar-refractivity contribution in [2.75, 3.05) is 0 Å². The first-order valence-corrected chi connectivity index (χ1v) is 3.05. The van der Waals surface area contributed by atoms with Crippen LogP contribution in [0.5, 0.6) is 0 Å². The first-order valence-electron chi connectivity index (χ1n) is 3.05. The van der Waals surface area contributed by atoms with Crippen molar-refractivity contribution in [3.63, 3.8) is 0 Å². The van der Waals surface area contributed by atoms with Crippen molar-refractivity contribution in [1.82, 2.24) is 10.6 Å². The minimum Gasteiger partial charge on any atom is -0.480 e. The fourth-order valence-electron chi connectivity index (χ4n) is 0.899. The van der Waals surface area contributed by atoms with Gasteiger partial charge < -0.3 is 20.8 Å². The van der Waals surface area contributed by atoms with Gasteiger partial charge in [0.25, 0.3) is 0 Å². The van der Waals surface area contributed by atoms with E-state index in [0.29, 0.717) is 0 Å². The molecule has 0 saturated carbocycles. The lowest BCUT2D eigenvalue weighted by atomic mass is 10.1. The van der Waals surface area contributed by atoms with E-state index in [0.717, 1.165) is 0 Å². The third-order valence-corrected chi connectivity index (χ3v) is 1.44. The minimum absolute atomic E-state index is 0.783. The van der Waals surface area contributed by atoms with Crippen molar-refractivity contribution < 1.29 is 24.6 Å². The number of hydrogen-bond acceptors (Lipinski definition) is 3. The number of carbonyl (C=O) groups excluding carboxylic acids is 1. The van der Waals surface area contributed by atoms with Crippen molar-refractivity contribution in [2.24, 2.45) is 0 Å². The van der Waals surface area contributed by atoms with Gasteiger partial charge in [0.15, 0.2) is 12.1 Å². The summed E-state index contributed by atoms with van der Waals surface area (Å²) in [4.78, 5) is 31.2. The molecule has 7 heteroatoms. The zero-order valence-electron chi connectivity index (χ0n) is 5.77. The van der Waals surface area contributed by atoms with E-state index in [4.69, 9.17) is 10.2 Å². The molecule has 2 unspecified atom stereocenters. The molecule has 7 nitrogen and oxygen atoms in total. The normalized spacial score (nSPS) is 27.5. The van der Waals surface area contributed by atoms with Crippen molar-refractivity contribution in [3.8, 4) is 0 Å². The topological polar surface area (TPSA) is 116 Å². The van der Waals surface area contributed by atoms with Crippen LogP contribution < -0.4 is 10.6 Å². The molecule has 0 radical (unpaired) electrons. The molecule has 1 aliphatic heterocycles. The molecule has 0 bridgehead atoms. The number of carboxylic acids is 2. The van der Waals surface area contributed by atoms with Crippen LogP contribution in [0.1, 0.15) is 0 Å². The summed E-state index contributed by atoms with van der Waals surface area (Å²) in [5.41, 5.74) is 0. The van der Waals surface area contributed by atoms with Crippen LogP contribution in [0, 0.1) is 0 Å². The number of urea groups is 1. The maximum Gasteiger partial charge on any atom is 0.329 e. The Morgan fingerprint density at radius 3 is 1.67 bits per heavy atom. The monoisotopic (exact) mass is 174 g/mol. The predicted octanol–water partition coefficient (Wildman–Crippen LogP) is -1.79. The van der Waals surface area contributed by atoms with Crippen LogP contribution in [-0.2, 0) is 9.59 Å². The Morgan fingerprint density at radius 1 is 1.08 bits per heavy atom. The third kappa shape index (κ3) is 1.29. The van der Waals surface area contributed by atoms with Crippen LogP contribution >= 0.6 is 0 Å². The first-order chi connectivity index (χ1) is 5.52. The summed E-state index contributed by atoms with van der Waals surface area (Å²) in [7, 11) is 0. The van der Waals surface area contributed by atoms with Crippen molar-refractivity contribution >= 4 is 18.0 Å². The van der Waals surface area contributed by atoms with Gasteiger partial charge in [-0.25, -0.2) is 14.4 Å². The van der Waals surface area contributed by atoms with Gasteiger partial charge in [0, 0.05) is 0 Å². The lowest BCUT2D eigenvalue weighted by Crippen LogP contribution is -2.45. The van der Waals surface area contributed by atoms with E-state index in [-0.39, 0.29) is 0 Å². The molecule has 0 aromatic carbocycles. The molecule has 66 valence electrons. The molecule has 0 aliphatic carbocycles. The van der Waals surface area contributed by atoms with E-state index in [1.807, 2.05) is 10.6 Å². The van der Waals surface area contributed by atoms with E-state index in [2.05, 4.69) is 0 Å². The molecule has 1 aliphatic rings. The Labute approximate surface area is 66.4 Å². The van der Waals surface area contributed by atoms with Crippen LogP contribution in [0.2, 0.25) is 0 Å². The minimum atomic E-state index is -1.39. The summed E-state index contributed by atoms with van der Waals surface area (Å²) >= 11 is 0. The van der Waals surface area contributed by atoms with E-state index in [1.165, 1.54) is 0 Å². The van der Waals surface area contributed by atoms with E-state index < -0.39 is 30.1 Å². The molecule has 1 fully saturated rings. The van der Waals surface area contributed by atoms with Crippen LogP contribution in [0.25, 0.3) is 0 Å². The van der Waals surface area contributed by atoms with Gasteiger partial charge in [0.2, 0.25) is 0 Å². The molecule has 0 aromatic rings. The smallest absolute Gasteiger partial charge is 0.329 e. The summed E-state index contributed by atoms with van der Waals surface area (Å²) in [5, 5.41) is 20.8. The van der Waals surface area contributed by atoms with Gasteiger partial charge >= 0.3 is 18.0 Å². The van der Waals surface area contributed by atoms with Crippen molar-refractivity contribution in [3.05, 3.63) is 0 Å². The highest BCUT2D eigenvalue weighted by Gasteiger charge is 2.41. The average molecular weight is 174 g/mol. The highest BCUT2D eigenvalue weighted by Crippen LogP contribution is 2.01. The Morgan fingerprint density at radius 2 is 1.42 bits per heavy atom. The van der Waals surface area contributed by atoms with Crippen LogP contribution in [0.3, 0.4) is 0 Å². The standard InChI is InChI=1S/C5H6N2O5/c8-3(9)1-2(4(10)11)7-5(12)6-1/h1-2H,(H,8,9)(H,10,11)(H2,6,7,12). The Kier molecular flexibility index (Phi) is 1.86. The molecule has 2 atom stereocenters. The number of carbonyl (C=O) groups is 3. The first kappa shape index (κ1) is 8.31. The Hall–Kier alpha value is -1.79. The van der Waals surface area contributed by atoms with Gasteiger partial charge in [-0.2, -0.15) is 0 Å².